The normalized spacial score (nSPS) is 30.5. The van der Waals surface area contributed by atoms with Crippen LogP contribution in [0, 0.1) is 11.8 Å². The van der Waals surface area contributed by atoms with E-state index in [9.17, 15) is 0 Å². The first-order valence-electron chi connectivity index (χ1n) is 8.35. The molecule has 2 fully saturated rings. The Morgan fingerprint density at radius 3 is 2.90 bits per heavy atom. The van der Waals surface area contributed by atoms with Gasteiger partial charge < -0.3 is 15.0 Å². The number of nitrogens with one attached hydrogen (secondary N) is 1. The maximum Gasteiger partial charge on any atom is 0.119 e. The lowest BCUT2D eigenvalue weighted by molar-refractivity contribution is 0.248. The third-order valence-corrected chi connectivity index (χ3v) is 4.90. The molecule has 2 heterocycles. The SMILES string of the molecule is C[C@H]1CC[C@H](c2cccc(OC[C@@H]3CCN(C)C3)c2)NC1. The van der Waals surface area contributed by atoms with Crippen molar-refractivity contribution in [3.63, 3.8) is 0 Å². The summed E-state index contributed by atoms with van der Waals surface area (Å²) < 4.78 is 6.04. The van der Waals surface area contributed by atoms with Crippen LogP contribution < -0.4 is 10.1 Å². The van der Waals surface area contributed by atoms with Crippen LogP contribution in [-0.4, -0.2) is 38.2 Å². The van der Waals surface area contributed by atoms with Crippen LogP contribution >= 0.6 is 0 Å². The van der Waals surface area contributed by atoms with Crippen LogP contribution in [0.3, 0.4) is 0 Å². The van der Waals surface area contributed by atoms with Crippen molar-refractivity contribution in [1.82, 2.24) is 10.2 Å². The molecule has 3 nitrogen and oxygen atoms in total. The Morgan fingerprint density at radius 2 is 2.19 bits per heavy atom. The molecule has 0 unspecified atom stereocenters. The maximum absolute atomic E-state index is 6.04. The fourth-order valence-electron chi connectivity index (χ4n) is 3.48. The summed E-state index contributed by atoms with van der Waals surface area (Å²) in [5.41, 5.74) is 1.38. The van der Waals surface area contributed by atoms with Crippen molar-refractivity contribution in [1.29, 1.82) is 0 Å². The number of hydrogen-bond acceptors (Lipinski definition) is 3. The molecule has 1 aromatic carbocycles. The number of nitrogens with zero attached hydrogens (tertiary/aromatic N) is 1. The molecule has 0 saturated carbocycles. The molecular formula is C18H28N2O. The van der Waals surface area contributed by atoms with E-state index >= 15 is 0 Å². The number of likely N-dealkylation sites (tertiary alicyclic amines) is 1. The van der Waals surface area contributed by atoms with Crippen LogP contribution in [0.1, 0.15) is 37.8 Å². The summed E-state index contributed by atoms with van der Waals surface area (Å²) in [6, 6.07) is 9.18. The molecule has 0 radical (unpaired) electrons. The van der Waals surface area contributed by atoms with E-state index in [1.165, 1.54) is 37.9 Å². The summed E-state index contributed by atoms with van der Waals surface area (Å²) in [5.74, 6) is 2.52. The van der Waals surface area contributed by atoms with E-state index in [0.717, 1.165) is 24.8 Å². The van der Waals surface area contributed by atoms with Crippen LogP contribution in [0.15, 0.2) is 24.3 Å². The second-order valence-electron chi connectivity index (χ2n) is 6.94. The highest BCUT2D eigenvalue weighted by molar-refractivity contribution is 5.31. The Morgan fingerprint density at radius 1 is 1.29 bits per heavy atom. The first kappa shape index (κ1) is 14.9. The maximum atomic E-state index is 6.04. The summed E-state index contributed by atoms with van der Waals surface area (Å²) >= 11 is 0. The van der Waals surface area contributed by atoms with E-state index in [1.54, 1.807) is 0 Å². The van der Waals surface area contributed by atoms with E-state index < -0.39 is 0 Å². The molecule has 2 aliphatic heterocycles. The van der Waals surface area contributed by atoms with Crippen molar-refractivity contribution >= 4 is 0 Å². The molecule has 3 rings (SSSR count). The van der Waals surface area contributed by atoms with Crippen LogP contribution in [0.25, 0.3) is 0 Å². The Hall–Kier alpha value is -1.06. The Labute approximate surface area is 128 Å². The van der Waals surface area contributed by atoms with E-state index in [4.69, 9.17) is 4.74 Å². The topological polar surface area (TPSA) is 24.5 Å². The number of rotatable bonds is 4. The van der Waals surface area contributed by atoms with Gasteiger partial charge in [0.05, 0.1) is 6.61 Å². The minimum atomic E-state index is 0.502. The molecule has 2 saturated heterocycles. The highest BCUT2D eigenvalue weighted by Gasteiger charge is 2.21. The van der Waals surface area contributed by atoms with Gasteiger partial charge in [0.1, 0.15) is 5.75 Å². The van der Waals surface area contributed by atoms with Gasteiger partial charge in [-0.3, -0.25) is 0 Å². The minimum absolute atomic E-state index is 0.502. The molecule has 0 bridgehead atoms. The summed E-state index contributed by atoms with van der Waals surface area (Å²) in [7, 11) is 2.19. The van der Waals surface area contributed by atoms with Crippen molar-refractivity contribution in [2.45, 2.75) is 32.2 Å². The molecule has 21 heavy (non-hydrogen) atoms. The average molecular weight is 288 g/mol. The molecule has 116 valence electrons. The number of piperidine rings is 1. The van der Waals surface area contributed by atoms with Crippen LogP contribution in [0.5, 0.6) is 5.75 Å². The number of benzene rings is 1. The first-order valence-corrected chi connectivity index (χ1v) is 8.35. The summed E-state index contributed by atoms with van der Waals surface area (Å²) in [4.78, 5) is 2.39. The molecule has 0 amide bonds. The number of hydrogen-bond donors (Lipinski definition) is 1. The Bertz CT molecular complexity index is 454. The zero-order valence-corrected chi connectivity index (χ0v) is 13.3. The van der Waals surface area contributed by atoms with Gasteiger partial charge in [0.25, 0.3) is 0 Å². The van der Waals surface area contributed by atoms with Crippen molar-refractivity contribution in [2.75, 3.05) is 33.3 Å². The zero-order valence-electron chi connectivity index (χ0n) is 13.3. The van der Waals surface area contributed by atoms with E-state index in [0.29, 0.717) is 12.0 Å². The van der Waals surface area contributed by atoms with Crippen molar-refractivity contribution in [2.24, 2.45) is 11.8 Å². The lowest BCUT2D eigenvalue weighted by Crippen LogP contribution is -2.31. The van der Waals surface area contributed by atoms with Gasteiger partial charge in [0.15, 0.2) is 0 Å². The molecule has 0 aliphatic carbocycles. The molecule has 1 aromatic rings. The highest BCUT2D eigenvalue weighted by Crippen LogP contribution is 2.28. The molecule has 0 aromatic heterocycles. The summed E-state index contributed by atoms with van der Waals surface area (Å²) in [5, 5.41) is 3.65. The Kier molecular flexibility index (Phi) is 4.81. The van der Waals surface area contributed by atoms with Crippen molar-refractivity contribution in [3.05, 3.63) is 29.8 Å². The van der Waals surface area contributed by atoms with Crippen LogP contribution in [0.2, 0.25) is 0 Å². The zero-order chi connectivity index (χ0) is 14.7. The van der Waals surface area contributed by atoms with Gasteiger partial charge in [-0.1, -0.05) is 19.1 Å². The Balaban J connectivity index is 1.55. The first-order chi connectivity index (χ1) is 10.2. The third-order valence-electron chi connectivity index (χ3n) is 4.90. The monoisotopic (exact) mass is 288 g/mol. The molecule has 1 N–H and O–H groups in total. The van der Waals surface area contributed by atoms with Gasteiger partial charge in [0.2, 0.25) is 0 Å². The fraction of sp³-hybridized carbons (Fsp3) is 0.667. The predicted octanol–water partition coefficient (Wildman–Crippen LogP) is 3.08. The van der Waals surface area contributed by atoms with Gasteiger partial charge in [-0.05, 0) is 63.0 Å². The number of ether oxygens (including phenoxy) is 1. The van der Waals surface area contributed by atoms with Gasteiger partial charge in [-0.2, -0.15) is 0 Å². The van der Waals surface area contributed by atoms with Crippen molar-refractivity contribution in [3.8, 4) is 5.75 Å². The summed E-state index contributed by atoms with van der Waals surface area (Å²) in [6.45, 7) is 6.68. The van der Waals surface area contributed by atoms with Gasteiger partial charge in [-0.25, -0.2) is 0 Å². The molecule has 3 heteroatoms. The molecular weight excluding hydrogens is 260 g/mol. The van der Waals surface area contributed by atoms with Crippen LogP contribution in [-0.2, 0) is 0 Å². The third kappa shape index (κ3) is 3.98. The van der Waals surface area contributed by atoms with E-state index in [1.807, 2.05) is 0 Å². The summed E-state index contributed by atoms with van der Waals surface area (Å²) in [6.07, 6.45) is 3.81. The average Bonchev–Trinajstić information content (AvgIpc) is 2.92. The smallest absolute Gasteiger partial charge is 0.119 e. The van der Waals surface area contributed by atoms with Crippen LogP contribution in [0.4, 0.5) is 0 Å². The lowest BCUT2D eigenvalue weighted by atomic mass is 9.92. The molecule has 3 atom stereocenters. The highest BCUT2D eigenvalue weighted by atomic mass is 16.5. The van der Waals surface area contributed by atoms with E-state index in [-0.39, 0.29) is 0 Å². The standard InChI is InChI=1S/C18H28N2O/c1-14-6-7-18(19-11-14)16-4-3-5-17(10-16)21-13-15-8-9-20(2)12-15/h3-5,10,14-15,18-19H,6-9,11-13H2,1-2H3/t14-,15+,18+/m0/s1. The van der Waals surface area contributed by atoms with Crippen molar-refractivity contribution < 1.29 is 4.74 Å². The lowest BCUT2D eigenvalue weighted by Gasteiger charge is -2.28. The molecule has 2 aliphatic rings. The second kappa shape index (κ2) is 6.80. The predicted molar refractivity (Wildman–Crippen MR) is 86.7 cm³/mol. The fourth-order valence-corrected chi connectivity index (χ4v) is 3.48. The largest absolute Gasteiger partial charge is 0.493 e. The van der Waals surface area contributed by atoms with Gasteiger partial charge in [-0.15, -0.1) is 0 Å². The second-order valence-corrected chi connectivity index (χ2v) is 6.94. The van der Waals surface area contributed by atoms with E-state index in [2.05, 4.69) is 48.5 Å². The quantitative estimate of drug-likeness (QED) is 0.921. The van der Waals surface area contributed by atoms with Gasteiger partial charge in [0, 0.05) is 18.5 Å². The van der Waals surface area contributed by atoms with Gasteiger partial charge >= 0.3 is 0 Å². The minimum Gasteiger partial charge on any atom is -0.493 e. The molecule has 0 spiro atoms.